The fourth-order valence-electron chi connectivity index (χ4n) is 8.15. The number of ether oxygens (including phenoxy) is 3. The van der Waals surface area contributed by atoms with Crippen LogP contribution in [0.25, 0.3) is 10.9 Å². The van der Waals surface area contributed by atoms with E-state index in [-0.39, 0.29) is 30.6 Å². The van der Waals surface area contributed by atoms with Gasteiger partial charge in [-0.15, -0.1) is 0 Å². The molecule has 5 fully saturated rings. The Balaban J connectivity index is 0.000000196. The van der Waals surface area contributed by atoms with E-state index < -0.39 is 35.9 Å². The minimum absolute atomic E-state index is 0.0670. The molecule has 4 aliphatic heterocycles. The molecule has 4 saturated heterocycles. The summed E-state index contributed by atoms with van der Waals surface area (Å²) in [6.45, 7) is 16.2. The van der Waals surface area contributed by atoms with E-state index in [1.54, 1.807) is 0 Å². The lowest BCUT2D eigenvalue weighted by atomic mass is 9.58. The Kier molecular flexibility index (Phi) is 12.5. The predicted molar refractivity (Wildman–Crippen MR) is 187 cm³/mol. The van der Waals surface area contributed by atoms with Crippen LogP contribution in [0.1, 0.15) is 92.9 Å². The number of carbonyl (C=O) groups excluding carboxylic acids is 1. The van der Waals surface area contributed by atoms with E-state index in [0.717, 1.165) is 60.4 Å². The molecule has 2 aromatic rings. The zero-order valence-corrected chi connectivity index (χ0v) is 30.5. The summed E-state index contributed by atoms with van der Waals surface area (Å²) in [5, 5.41) is 14.2. The van der Waals surface area contributed by atoms with Crippen molar-refractivity contribution in [1.29, 1.82) is 0 Å². The largest absolute Gasteiger partial charge is 0.481 e. The number of aromatic nitrogens is 1. The second-order valence-corrected chi connectivity index (χ2v) is 14.8. The molecule has 1 aromatic carbocycles. The molecule has 2 bridgehead atoms. The van der Waals surface area contributed by atoms with Gasteiger partial charge in [-0.2, -0.15) is 0 Å². The number of aliphatic carboxylic acids is 1. The summed E-state index contributed by atoms with van der Waals surface area (Å²) in [5.74, 6) is -1.82. The van der Waals surface area contributed by atoms with E-state index in [2.05, 4.69) is 42.9 Å². The number of fused-ring (bicyclic) bond motifs is 3. The van der Waals surface area contributed by atoms with Gasteiger partial charge in [-0.05, 0) is 102 Å². The molecule has 1 spiro atoms. The van der Waals surface area contributed by atoms with Crippen LogP contribution in [0.2, 0.25) is 5.02 Å². The summed E-state index contributed by atoms with van der Waals surface area (Å²) < 4.78 is 17.8. The Morgan fingerprint density at radius 1 is 1.12 bits per heavy atom. The van der Waals surface area contributed by atoms with Crippen molar-refractivity contribution in [3.8, 4) is 0 Å². The number of nitrogens with one attached hydrogen (secondary N) is 1. The lowest BCUT2D eigenvalue weighted by molar-refractivity contribution is -0.576. The maximum Gasteiger partial charge on any atom is 0.308 e. The predicted octanol–water partition coefficient (Wildman–Crippen LogP) is 7.41. The van der Waals surface area contributed by atoms with Crippen LogP contribution in [0.4, 0.5) is 5.69 Å². The van der Waals surface area contributed by atoms with Gasteiger partial charge in [0.1, 0.15) is 0 Å². The summed E-state index contributed by atoms with van der Waals surface area (Å²) in [6.07, 6.45) is 5.93. The van der Waals surface area contributed by atoms with E-state index in [1.165, 1.54) is 13.0 Å². The number of halogens is 1. The maximum atomic E-state index is 12.1. The van der Waals surface area contributed by atoms with Gasteiger partial charge in [-0.3, -0.25) is 14.6 Å². The SMILES string of the molecule is CCN(CC)CCCC(C)Nc1ccnc2cc(Cl)ccc12.C[C@H]1[C@@H](OC(=O)CCC(=O)O)O[C@@H]2O[C@@]3(C)CC[C@H]4[C@H](C)CC[C@@H]1[C@@]24OO3. The van der Waals surface area contributed by atoms with Gasteiger partial charge in [0, 0.05) is 46.6 Å². The molecule has 5 aliphatic rings. The maximum absolute atomic E-state index is 12.1. The van der Waals surface area contributed by atoms with Gasteiger partial charge < -0.3 is 29.5 Å². The van der Waals surface area contributed by atoms with Crippen LogP contribution >= 0.6 is 11.6 Å². The number of nitrogens with zero attached hydrogens (tertiary/aromatic N) is 2. The van der Waals surface area contributed by atoms with Crippen molar-refractivity contribution < 1.29 is 38.7 Å². The number of hydrogen-bond donors (Lipinski definition) is 2. The molecule has 272 valence electrons. The van der Waals surface area contributed by atoms with Gasteiger partial charge in [-0.25, -0.2) is 9.78 Å². The van der Waals surface area contributed by atoms with Gasteiger partial charge in [0.2, 0.25) is 12.1 Å². The Bertz CT molecular complexity index is 1440. The Morgan fingerprint density at radius 3 is 2.63 bits per heavy atom. The molecule has 2 N–H and O–H groups in total. The number of carbonyl (C=O) groups is 2. The molecule has 9 atom stereocenters. The van der Waals surface area contributed by atoms with Crippen molar-refractivity contribution in [3.63, 3.8) is 0 Å². The van der Waals surface area contributed by atoms with E-state index in [4.69, 9.17) is 40.7 Å². The molecule has 11 nitrogen and oxygen atoms in total. The quantitative estimate of drug-likeness (QED) is 0.169. The third-order valence-electron chi connectivity index (χ3n) is 11.0. The first-order chi connectivity index (χ1) is 23.4. The molecule has 12 heteroatoms. The monoisotopic (exact) mass is 703 g/mol. The minimum Gasteiger partial charge on any atom is -0.481 e. The van der Waals surface area contributed by atoms with Crippen molar-refractivity contribution in [2.24, 2.45) is 23.7 Å². The zero-order chi connectivity index (χ0) is 35.3. The fraction of sp³-hybridized carbons (Fsp3) is 0.703. The number of carboxylic acid groups (broad SMARTS) is 1. The number of esters is 1. The van der Waals surface area contributed by atoms with Crippen LogP contribution in [-0.2, 0) is 33.6 Å². The van der Waals surface area contributed by atoms with Crippen molar-refractivity contribution in [2.75, 3.05) is 25.0 Å². The summed E-state index contributed by atoms with van der Waals surface area (Å²) in [5.41, 5.74) is 1.38. The third kappa shape index (κ3) is 8.51. The molecule has 1 unspecified atom stereocenters. The Hall–Kier alpha value is -2.54. The number of rotatable bonds is 12. The van der Waals surface area contributed by atoms with Gasteiger partial charge in [0.05, 0.1) is 18.4 Å². The standard InChI is InChI=1S/C19H28O8.C18H26ClN3/c1-10-4-5-13-11(2)16(23-15(22)7-6-14(20)21)24-17-19(13)12(10)8-9-18(3,25-17)26-27-19;1-4-22(5-2)12-6-7-14(3)21-17-10-11-20-18-13-15(19)8-9-16(17)18/h10-13,16-17H,4-9H2,1-3H3,(H,20,21);8-11,13-14H,4-7,12H2,1-3H3,(H,20,21)/t10-,11-,12+,13+,16+,17-,18-,19-;/m1./s1. The number of anilines is 1. The third-order valence-corrected chi connectivity index (χ3v) is 11.2. The van der Waals surface area contributed by atoms with Gasteiger partial charge >= 0.3 is 11.9 Å². The summed E-state index contributed by atoms with van der Waals surface area (Å²) in [6, 6.07) is 8.35. The first-order valence-electron chi connectivity index (χ1n) is 18.0. The lowest BCUT2D eigenvalue weighted by Gasteiger charge is -2.59. The van der Waals surface area contributed by atoms with E-state index in [0.29, 0.717) is 18.4 Å². The fourth-order valence-corrected chi connectivity index (χ4v) is 8.32. The highest BCUT2D eigenvalue weighted by Gasteiger charge is 2.69. The molecule has 7 rings (SSSR count). The van der Waals surface area contributed by atoms with E-state index >= 15 is 0 Å². The zero-order valence-electron chi connectivity index (χ0n) is 29.8. The molecular formula is C37H54ClN3O8. The van der Waals surface area contributed by atoms with E-state index in [9.17, 15) is 9.59 Å². The van der Waals surface area contributed by atoms with Crippen LogP contribution < -0.4 is 5.32 Å². The van der Waals surface area contributed by atoms with Crippen molar-refractivity contribution in [1.82, 2.24) is 9.88 Å². The Labute approximate surface area is 295 Å². The van der Waals surface area contributed by atoms with Crippen LogP contribution in [0.15, 0.2) is 30.5 Å². The molecule has 1 saturated carbocycles. The summed E-state index contributed by atoms with van der Waals surface area (Å²) in [4.78, 5) is 41.4. The van der Waals surface area contributed by atoms with E-state index in [1.807, 2.05) is 44.3 Å². The van der Waals surface area contributed by atoms with Crippen LogP contribution in [-0.4, -0.2) is 76.6 Å². The normalized spacial score (nSPS) is 32.4. The number of carboxylic acids is 1. The van der Waals surface area contributed by atoms with Gasteiger partial charge in [0.25, 0.3) is 0 Å². The summed E-state index contributed by atoms with van der Waals surface area (Å²) >= 11 is 6.04. The van der Waals surface area contributed by atoms with Crippen molar-refractivity contribution in [2.45, 2.75) is 123 Å². The highest BCUT2D eigenvalue weighted by molar-refractivity contribution is 6.31. The number of benzene rings is 1. The molecule has 1 aromatic heterocycles. The molecular weight excluding hydrogens is 650 g/mol. The molecule has 1 aliphatic carbocycles. The van der Waals surface area contributed by atoms with Gasteiger partial charge in [0.15, 0.2) is 11.9 Å². The molecule has 0 radical (unpaired) electrons. The Morgan fingerprint density at radius 2 is 1.90 bits per heavy atom. The highest BCUT2D eigenvalue weighted by Crippen LogP contribution is 2.60. The highest BCUT2D eigenvalue weighted by atomic mass is 35.5. The van der Waals surface area contributed by atoms with Gasteiger partial charge in [-0.1, -0.05) is 39.3 Å². The van der Waals surface area contributed by atoms with Crippen molar-refractivity contribution >= 4 is 40.1 Å². The molecule has 0 amide bonds. The smallest absolute Gasteiger partial charge is 0.308 e. The second kappa shape index (κ2) is 16.2. The first kappa shape index (κ1) is 37.7. The average molecular weight is 704 g/mol. The van der Waals surface area contributed by atoms with Crippen LogP contribution in [0.5, 0.6) is 0 Å². The van der Waals surface area contributed by atoms with Crippen LogP contribution in [0.3, 0.4) is 0 Å². The van der Waals surface area contributed by atoms with Crippen molar-refractivity contribution in [3.05, 3.63) is 35.5 Å². The lowest BCUT2D eigenvalue weighted by Crippen LogP contribution is -2.70. The summed E-state index contributed by atoms with van der Waals surface area (Å²) in [7, 11) is 0. The average Bonchev–Trinajstić information content (AvgIpc) is 3.30. The minimum atomic E-state index is -1.03. The topological polar surface area (TPSA) is 129 Å². The number of pyridine rings is 1. The van der Waals surface area contributed by atoms with Crippen LogP contribution in [0, 0.1) is 23.7 Å². The second-order valence-electron chi connectivity index (χ2n) is 14.4. The number of hydrogen-bond acceptors (Lipinski definition) is 10. The molecule has 49 heavy (non-hydrogen) atoms. The first-order valence-corrected chi connectivity index (χ1v) is 18.4. The molecule has 5 heterocycles.